The fourth-order valence-electron chi connectivity index (χ4n) is 2.25. The van der Waals surface area contributed by atoms with Crippen LogP contribution in [-0.4, -0.2) is 31.6 Å². The van der Waals surface area contributed by atoms with E-state index in [0.29, 0.717) is 13.2 Å². The van der Waals surface area contributed by atoms with Crippen molar-refractivity contribution >= 4 is 5.91 Å². The number of carbonyl (C=O) groups is 1. The number of piperidine rings is 1. The van der Waals surface area contributed by atoms with Crippen LogP contribution in [0, 0.1) is 6.92 Å². The van der Waals surface area contributed by atoms with Crippen LogP contribution in [0.4, 0.5) is 0 Å². The molecule has 1 amide bonds. The number of rotatable bonds is 5. The zero-order chi connectivity index (χ0) is 13.5. The fourth-order valence-corrected chi connectivity index (χ4v) is 2.25. The van der Waals surface area contributed by atoms with Gasteiger partial charge in [-0.2, -0.15) is 0 Å². The quantitative estimate of drug-likeness (QED) is 0.793. The summed E-state index contributed by atoms with van der Waals surface area (Å²) in [7, 11) is 0. The molecule has 104 valence electrons. The first-order chi connectivity index (χ1) is 9.25. The number of nitrogens with one attached hydrogen (secondary N) is 2. The number of carbonyl (C=O) groups excluding carboxylic acids is 1. The molecule has 0 radical (unpaired) electrons. The van der Waals surface area contributed by atoms with Crippen molar-refractivity contribution in [3.8, 4) is 5.75 Å². The van der Waals surface area contributed by atoms with E-state index < -0.39 is 0 Å². The second-order valence-electron chi connectivity index (χ2n) is 4.96. The third-order valence-corrected chi connectivity index (χ3v) is 3.29. The minimum Gasteiger partial charge on any atom is -0.492 e. The number of amides is 1. The molecule has 2 N–H and O–H groups in total. The highest BCUT2D eigenvalue weighted by molar-refractivity contribution is 5.81. The third-order valence-electron chi connectivity index (χ3n) is 3.29. The Kier molecular flexibility index (Phi) is 5.21. The van der Waals surface area contributed by atoms with Crippen LogP contribution in [0.5, 0.6) is 5.75 Å². The molecule has 0 bridgehead atoms. The first-order valence-electron chi connectivity index (χ1n) is 6.96. The second kappa shape index (κ2) is 7.14. The lowest BCUT2D eigenvalue weighted by Crippen LogP contribution is -2.47. The summed E-state index contributed by atoms with van der Waals surface area (Å²) < 4.78 is 5.59. The predicted octanol–water partition coefficient (Wildman–Crippen LogP) is 1.63. The van der Waals surface area contributed by atoms with Crippen molar-refractivity contribution in [2.75, 3.05) is 19.7 Å². The zero-order valence-corrected chi connectivity index (χ0v) is 11.4. The topological polar surface area (TPSA) is 50.4 Å². The highest BCUT2D eigenvalue weighted by atomic mass is 16.5. The molecule has 0 aromatic heterocycles. The maximum atomic E-state index is 11.8. The highest BCUT2D eigenvalue weighted by Crippen LogP contribution is 2.11. The minimum absolute atomic E-state index is 0.0206. The van der Waals surface area contributed by atoms with Crippen molar-refractivity contribution < 1.29 is 9.53 Å². The summed E-state index contributed by atoms with van der Waals surface area (Å²) in [4.78, 5) is 11.8. The van der Waals surface area contributed by atoms with Gasteiger partial charge < -0.3 is 15.4 Å². The number of ether oxygens (including phenoxy) is 1. The van der Waals surface area contributed by atoms with Crippen LogP contribution in [-0.2, 0) is 4.79 Å². The van der Waals surface area contributed by atoms with Crippen LogP contribution >= 0.6 is 0 Å². The van der Waals surface area contributed by atoms with Crippen molar-refractivity contribution in [1.29, 1.82) is 0 Å². The van der Waals surface area contributed by atoms with Gasteiger partial charge in [-0.05, 0) is 44.0 Å². The number of benzene rings is 1. The maximum Gasteiger partial charge on any atom is 0.237 e. The molecule has 1 saturated heterocycles. The number of hydrogen-bond donors (Lipinski definition) is 2. The molecule has 1 aromatic rings. The average molecular weight is 262 g/mol. The van der Waals surface area contributed by atoms with Gasteiger partial charge in [-0.1, -0.05) is 18.6 Å². The van der Waals surface area contributed by atoms with Crippen LogP contribution in [0.25, 0.3) is 0 Å². The van der Waals surface area contributed by atoms with E-state index in [-0.39, 0.29) is 11.9 Å². The molecule has 1 aromatic carbocycles. The van der Waals surface area contributed by atoms with E-state index >= 15 is 0 Å². The van der Waals surface area contributed by atoms with Gasteiger partial charge in [0.05, 0.1) is 12.6 Å². The molecule has 4 heteroatoms. The zero-order valence-electron chi connectivity index (χ0n) is 11.4. The Hall–Kier alpha value is -1.55. The molecule has 4 nitrogen and oxygen atoms in total. The Morgan fingerprint density at radius 1 is 1.47 bits per heavy atom. The van der Waals surface area contributed by atoms with Crippen LogP contribution in [0.3, 0.4) is 0 Å². The smallest absolute Gasteiger partial charge is 0.237 e. The van der Waals surface area contributed by atoms with E-state index in [2.05, 4.69) is 10.6 Å². The Balaban J connectivity index is 1.65. The van der Waals surface area contributed by atoms with Crippen molar-refractivity contribution in [2.24, 2.45) is 0 Å². The minimum atomic E-state index is -0.0206. The van der Waals surface area contributed by atoms with Crippen molar-refractivity contribution in [1.82, 2.24) is 10.6 Å². The molecule has 0 saturated carbocycles. The summed E-state index contributed by atoms with van der Waals surface area (Å²) in [5.74, 6) is 0.942. The Bertz CT molecular complexity index is 414. The molecule has 2 rings (SSSR count). The molecule has 19 heavy (non-hydrogen) atoms. The van der Waals surface area contributed by atoms with Crippen LogP contribution in [0.2, 0.25) is 0 Å². The molecule has 0 unspecified atom stereocenters. The summed E-state index contributed by atoms with van der Waals surface area (Å²) in [6.45, 7) is 4.02. The van der Waals surface area contributed by atoms with Gasteiger partial charge in [0.15, 0.2) is 0 Å². The first-order valence-corrected chi connectivity index (χ1v) is 6.96. The molecule has 1 aliphatic heterocycles. The van der Waals surface area contributed by atoms with Gasteiger partial charge in [0.2, 0.25) is 5.91 Å². The summed E-state index contributed by atoms with van der Waals surface area (Å²) >= 11 is 0. The van der Waals surface area contributed by atoms with E-state index in [4.69, 9.17) is 4.74 Å². The van der Waals surface area contributed by atoms with Crippen molar-refractivity contribution in [3.63, 3.8) is 0 Å². The molecular weight excluding hydrogens is 240 g/mol. The standard InChI is InChI=1S/C15H22N2O2/c1-12-5-4-6-13(11-12)19-10-9-17-15(18)14-7-2-3-8-16-14/h4-6,11,14,16H,2-3,7-10H2,1H3,(H,17,18)/t14-/m1/s1. The summed E-state index contributed by atoms with van der Waals surface area (Å²) in [5.41, 5.74) is 1.17. The van der Waals surface area contributed by atoms with Crippen molar-refractivity contribution in [3.05, 3.63) is 29.8 Å². The molecule has 0 spiro atoms. The molecular formula is C15H22N2O2. The largest absolute Gasteiger partial charge is 0.492 e. The van der Waals surface area contributed by atoms with Gasteiger partial charge in [0.25, 0.3) is 0 Å². The molecule has 1 heterocycles. The maximum absolute atomic E-state index is 11.8. The Morgan fingerprint density at radius 2 is 2.37 bits per heavy atom. The van der Waals surface area contributed by atoms with Gasteiger partial charge in [-0.25, -0.2) is 0 Å². The Labute approximate surface area is 114 Å². The normalized spacial score (nSPS) is 18.9. The second-order valence-corrected chi connectivity index (χ2v) is 4.96. The summed E-state index contributed by atoms with van der Waals surface area (Å²) in [6.07, 6.45) is 3.23. The predicted molar refractivity (Wildman–Crippen MR) is 75.3 cm³/mol. The summed E-state index contributed by atoms with van der Waals surface area (Å²) in [5, 5.41) is 6.14. The van der Waals surface area contributed by atoms with Crippen LogP contribution < -0.4 is 15.4 Å². The first kappa shape index (κ1) is 13.9. The van der Waals surface area contributed by atoms with Gasteiger partial charge in [-0.15, -0.1) is 0 Å². The molecule has 1 fully saturated rings. The lowest BCUT2D eigenvalue weighted by molar-refractivity contribution is -0.123. The SMILES string of the molecule is Cc1cccc(OCCNC(=O)[C@H]2CCCCN2)c1. The van der Waals surface area contributed by atoms with E-state index in [0.717, 1.165) is 25.1 Å². The number of hydrogen-bond acceptors (Lipinski definition) is 3. The highest BCUT2D eigenvalue weighted by Gasteiger charge is 2.19. The van der Waals surface area contributed by atoms with E-state index in [1.165, 1.54) is 12.0 Å². The Morgan fingerprint density at radius 3 is 3.11 bits per heavy atom. The third kappa shape index (κ3) is 4.56. The van der Waals surface area contributed by atoms with Gasteiger partial charge in [0, 0.05) is 0 Å². The van der Waals surface area contributed by atoms with E-state index in [1.54, 1.807) is 0 Å². The molecule has 1 aliphatic rings. The summed E-state index contributed by atoms with van der Waals surface area (Å²) in [6, 6.07) is 7.90. The van der Waals surface area contributed by atoms with Crippen LogP contribution in [0.15, 0.2) is 24.3 Å². The molecule has 1 atom stereocenters. The van der Waals surface area contributed by atoms with Crippen LogP contribution in [0.1, 0.15) is 24.8 Å². The fraction of sp³-hybridized carbons (Fsp3) is 0.533. The van der Waals surface area contributed by atoms with Gasteiger partial charge in [0.1, 0.15) is 12.4 Å². The van der Waals surface area contributed by atoms with E-state index in [9.17, 15) is 4.79 Å². The monoisotopic (exact) mass is 262 g/mol. The van der Waals surface area contributed by atoms with Gasteiger partial charge >= 0.3 is 0 Å². The average Bonchev–Trinajstić information content (AvgIpc) is 2.44. The van der Waals surface area contributed by atoms with Gasteiger partial charge in [-0.3, -0.25) is 4.79 Å². The molecule has 0 aliphatic carbocycles. The lowest BCUT2D eigenvalue weighted by Gasteiger charge is -2.22. The van der Waals surface area contributed by atoms with E-state index in [1.807, 2.05) is 31.2 Å². The van der Waals surface area contributed by atoms with Crippen molar-refractivity contribution in [2.45, 2.75) is 32.2 Å². The lowest BCUT2D eigenvalue weighted by atomic mass is 10.0. The number of aryl methyl sites for hydroxylation is 1.